The second-order valence-corrected chi connectivity index (χ2v) is 7.36. The maximum absolute atomic E-state index is 11.3. The fourth-order valence-corrected chi connectivity index (χ4v) is 2.21. The first-order valence-electron chi connectivity index (χ1n) is 7.17. The summed E-state index contributed by atoms with van der Waals surface area (Å²) in [6.07, 6.45) is 0.582. The minimum Gasteiger partial charge on any atom is -0.382 e. The monoisotopic (exact) mass is 319 g/mol. The molecule has 2 N–H and O–H groups in total. The lowest BCUT2D eigenvalue weighted by Gasteiger charge is -2.34. The lowest BCUT2D eigenvalue weighted by Crippen LogP contribution is -2.51. The van der Waals surface area contributed by atoms with E-state index in [0.717, 1.165) is 35.0 Å². The first kappa shape index (κ1) is 26.0. The van der Waals surface area contributed by atoms with E-state index in [4.69, 9.17) is 0 Å². The zero-order chi connectivity index (χ0) is 16.0. The molecule has 0 spiro atoms. The second-order valence-electron chi connectivity index (χ2n) is 7.36. The second kappa shape index (κ2) is 10.8. The Morgan fingerprint density at radius 3 is 2.05 bits per heavy atom. The van der Waals surface area contributed by atoms with Crippen molar-refractivity contribution in [3.63, 3.8) is 0 Å². The van der Waals surface area contributed by atoms with E-state index in [2.05, 4.69) is 47.1 Å². The first-order valence-corrected chi connectivity index (χ1v) is 7.17. The summed E-state index contributed by atoms with van der Waals surface area (Å²) in [5, 5.41) is 13.0. The maximum Gasteiger partial charge on any atom is 0.246 e. The molecule has 0 aromatic heterocycles. The lowest BCUT2D eigenvalue weighted by atomic mass is 10.2. The van der Waals surface area contributed by atoms with E-state index in [1.807, 2.05) is 0 Å². The van der Waals surface area contributed by atoms with Crippen molar-refractivity contribution in [2.75, 3.05) is 61.4 Å². The molecule has 0 saturated heterocycles. The molecule has 0 fully saturated rings. The third-order valence-electron chi connectivity index (χ3n) is 3.08. The van der Waals surface area contributed by atoms with E-state index in [1.165, 1.54) is 0 Å². The normalized spacial score (nSPS) is 12.7. The summed E-state index contributed by atoms with van der Waals surface area (Å²) in [6.45, 7) is 8.35. The predicted octanol–water partition coefficient (Wildman–Crippen LogP) is 1.48. The highest BCUT2D eigenvalue weighted by atomic mass is 16.3. The van der Waals surface area contributed by atoms with Gasteiger partial charge in [-0.15, -0.1) is 0 Å². The lowest BCUT2D eigenvalue weighted by molar-refractivity contribution is -0.907. The smallest absolute Gasteiger partial charge is 0.246 e. The van der Waals surface area contributed by atoms with Crippen molar-refractivity contribution in [2.45, 2.75) is 34.3 Å². The molecular formula is C17H41N3O2+2. The molecule has 1 atom stereocenters. The van der Waals surface area contributed by atoms with Crippen LogP contribution in [0.3, 0.4) is 0 Å². The molecule has 0 radical (unpaired) electrons. The molecule has 5 heteroatoms. The number of aliphatic hydroxyl groups excluding tert-OH is 1. The fourth-order valence-electron chi connectivity index (χ4n) is 2.21. The van der Waals surface area contributed by atoms with Crippen LogP contribution in [-0.2, 0) is 4.79 Å². The molecule has 0 heterocycles. The molecule has 22 heavy (non-hydrogen) atoms. The average molecular weight is 320 g/mol. The van der Waals surface area contributed by atoms with Crippen LogP contribution in [0.15, 0.2) is 12.2 Å². The van der Waals surface area contributed by atoms with Crippen LogP contribution in [0.4, 0.5) is 0 Å². The van der Waals surface area contributed by atoms with Crippen LogP contribution in [-0.4, -0.2) is 87.5 Å². The number of carbonyl (C=O) groups is 1. The van der Waals surface area contributed by atoms with E-state index < -0.39 is 0 Å². The highest BCUT2D eigenvalue weighted by molar-refractivity contribution is 5.91. The van der Waals surface area contributed by atoms with Crippen molar-refractivity contribution in [1.29, 1.82) is 0 Å². The molecule has 5 nitrogen and oxygen atoms in total. The van der Waals surface area contributed by atoms with Gasteiger partial charge in [0.15, 0.2) is 6.10 Å². The minimum absolute atomic E-state index is 0. The van der Waals surface area contributed by atoms with Gasteiger partial charge in [-0.25, -0.2) is 0 Å². The summed E-state index contributed by atoms with van der Waals surface area (Å²) < 4.78 is 1.51. The Hall–Kier alpha value is -0.910. The third-order valence-corrected chi connectivity index (χ3v) is 3.08. The first-order chi connectivity index (χ1) is 8.93. The van der Waals surface area contributed by atoms with Crippen LogP contribution >= 0.6 is 0 Å². The predicted molar refractivity (Wildman–Crippen MR) is 96.7 cm³/mol. The minimum atomic E-state index is -0.310. The molecule has 0 aliphatic heterocycles. The number of nitrogens with one attached hydrogen (secondary N) is 1. The summed E-state index contributed by atoms with van der Waals surface area (Å²) in [5.41, 5.74) is 0.539. The van der Waals surface area contributed by atoms with Crippen LogP contribution in [0.5, 0.6) is 0 Å². The van der Waals surface area contributed by atoms with Gasteiger partial charge in [0.2, 0.25) is 5.91 Å². The van der Waals surface area contributed by atoms with Gasteiger partial charge in [-0.2, -0.15) is 0 Å². The van der Waals surface area contributed by atoms with Gasteiger partial charge >= 0.3 is 0 Å². The van der Waals surface area contributed by atoms with Crippen LogP contribution in [0.25, 0.3) is 0 Å². The van der Waals surface area contributed by atoms with Crippen LogP contribution in [0.2, 0.25) is 0 Å². The summed E-state index contributed by atoms with van der Waals surface area (Å²) in [4.78, 5) is 11.3. The Morgan fingerprint density at radius 1 is 1.14 bits per heavy atom. The molecule has 0 saturated carbocycles. The average Bonchev–Trinajstić information content (AvgIpc) is 2.19. The van der Waals surface area contributed by atoms with Crippen molar-refractivity contribution in [3.8, 4) is 0 Å². The molecular weight excluding hydrogens is 278 g/mol. The molecule has 0 aromatic rings. The summed E-state index contributed by atoms with van der Waals surface area (Å²) in [7, 11) is 10.5. The summed E-state index contributed by atoms with van der Waals surface area (Å²) in [5.74, 6) is -0.0830. The number of amides is 1. The zero-order valence-corrected chi connectivity index (χ0v) is 14.1. The Kier molecular flexibility index (Phi) is 12.7. The van der Waals surface area contributed by atoms with Gasteiger partial charge in [0.25, 0.3) is 0 Å². The highest BCUT2D eigenvalue weighted by Crippen LogP contribution is 2.04. The van der Waals surface area contributed by atoms with Gasteiger partial charge in [-0.3, -0.25) is 4.79 Å². The van der Waals surface area contributed by atoms with Gasteiger partial charge in [-0.1, -0.05) is 21.4 Å². The molecule has 134 valence electrons. The van der Waals surface area contributed by atoms with E-state index >= 15 is 0 Å². The summed E-state index contributed by atoms with van der Waals surface area (Å²) in [6, 6.07) is 0. The maximum atomic E-state index is 11.3. The molecule has 0 aromatic carbocycles. The van der Waals surface area contributed by atoms with Gasteiger partial charge in [0, 0.05) is 18.5 Å². The number of hydrogen-bond acceptors (Lipinski definition) is 2. The summed E-state index contributed by atoms with van der Waals surface area (Å²) >= 11 is 0. The van der Waals surface area contributed by atoms with Crippen LogP contribution in [0.1, 0.15) is 28.2 Å². The molecule has 0 bridgehead atoms. The highest BCUT2D eigenvalue weighted by Gasteiger charge is 2.24. The fraction of sp³-hybridized carbons (Fsp3) is 0.824. The topological polar surface area (TPSA) is 49.3 Å². The molecule has 1 unspecified atom stereocenters. The molecule has 0 aliphatic carbocycles. The van der Waals surface area contributed by atoms with Crippen LogP contribution in [0, 0.1) is 0 Å². The van der Waals surface area contributed by atoms with E-state index in [9.17, 15) is 9.90 Å². The van der Waals surface area contributed by atoms with E-state index in [1.54, 1.807) is 6.92 Å². The number of rotatable bonds is 9. The number of quaternary nitrogens is 2. The van der Waals surface area contributed by atoms with Crippen molar-refractivity contribution in [2.24, 2.45) is 0 Å². The van der Waals surface area contributed by atoms with Gasteiger partial charge < -0.3 is 19.4 Å². The van der Waals surface area contributed by atoms with Gasteiger partial charge in [-0.05, 0) is 6.92 Å². The number of carbonyl (C=O) groups excluding carboxylic acids is 1. The Bertz CT molecular complexity index is 333. The Balaban J connectivity index is -0.00000180. The molecule has 1 amide bonds. The van der Waals surface area contributed by atoms with Crippen molar-refractivity contribution in [1.82, 2.24) is 5.32 Å². The number of nitrogens with zero attached hydrogens (tertiary/aromatic N) is 2. The van der Waals surface area contributed by atoms with Crippen molar-refractivity contribution < 1.29 is 18.9 Å². The SMILES string of the molecule is C.C.C=C(C)C(=O)NCCC[N+](C)(C)CC(O)C[N+](C)(C)C. The number of aliphatic hydroxyl groups is 1. The Morgan fingerprint density at radius 2 is 1.64 bits per heavy atom. The zero-order valence-electron chi connectivity index (χ0n) is 14.1. The third kappa shape index (κ3) is 14.0. The van der Waals surface area contributed by atoms with Crippen molar-refractivity contribution >= 4 is 5.91 Å². The van der Waals surface area contributed by atoms with Gasteiger partial charge in [0.1, 0.15) is 13.1 Å². The van der Waals surface area contributed by atoms with E-state index in [0.29, 0.717) is 12.1 Å². The molecule has 0 rings (SSSR count). The standard InChI is InChI=1S/C15H32N3O2.2CH4/c1-13(2)15(20)16-9-8-10-18(6,7)12-14(19)11-17(3,4)5;;/h14,19H,1,8-12H2,2-7H3;2*1H4/q+1;;/p+1. The van der Waals surface area contributed by atoms with Crippen LogP contribution < -0.4 is 5.32 Å². The Labute approximate surface area is 138 Å². The largest absolute Gasteiger partial charge is 0.382 e. The van der Waals surface area contributed by atoms with E-state index in [-0.39, 0.29) is 26.9 Å². The number of likely N-dealkylation sites (N-methyl/N-ethyl adjacent to an activating group) is 2. The van der Waals surface area contributed by atoms with Crippen molar-refractivity contribution in [3.05, 3.63) is 12.2 Å². The quantitative estimate of drug-likeness (QED) is 0.384. The molecule has 0 aliphatic rings. The number of hydrogen-bond donors (Lipinski definition) is 2. The van der Waals surface area contributed by atoms with Gasteiger partial charge in [0.05, 0.1) is 41.8 Å².